The van der Waals surface area contributed by atoms with Crippen molar-refractivity contribution in [1.29, 1.82) is 0 Å². The summed E-state index contributed by atoms with van der Waals surface area (Å²) >= 11 is 3.52. The zero-order chi connectivity index (χ0) is 18.8. The maximum absolute atomic E-state index is 5.96. The number of aryl methyl sites for hydroxylation is 1. The van der Waals surface area contributed by atoms with Gasteiger partial charge >= 0.3 is 0 Å². The van der Waals surface area contributed by atoms with Gasteiger partial charge in [0, 0.05) is 44.4 Å². The number of benzene rings is 1. The average Bonchev–Trinajstić information content (AvgIpc) is 2.64. The first-order valence-electron chi connectivity index (χ1n) is 9.52. The van der Waals surface area contributed by atoms with Crippen molar-refractivity contribution in [2.45, 2.75) is 45.8 Å². The van der Waals surface area contributed by atoms with Crippen LogP contribution < -0.4 is 5.32 Å². The van der Waals surface area contributed by atoms with E-state index in [2.05, 4.69) is 58.2 Å². The predicted octanol–water partition coefficient (Wildman–Crippen LogP) is 3.74. The molecule has 0 spiro atoms. The molecule has 2 rings (SSSR count). The van der Waals surface area contributed by atoms with E-state index in [0.717, 1.165) is 62.5 Å². The molecule has 1 aliphatic heterocycles. The fourth-order valence-corrected chi connectivity index (χ4v) is 3.59. The van der Waals surface area contributed by atoms with Gasteiger partial charge in [-0.2, -0.15) is 0 Å². The number of piperidine rings is 1. The maximum Gasteiger partial charge on any atom is 0.194 e. The maximum atomic E-state index is 5.96. The molecule has 6 heteroatoms. The SMILES string of the molecule is CCNC(=NCc1ccc(Br)cc1C)N1CCC(OCCCOC)CC1. The molecule has 146 valence electrons. The van der Waals surface area contributed by atoms with Crippen molar-refractivity contribution in [2.75, 3.05) is 40.0 Å². The first kappa shape index (κ1) is 21.2. The Labute approximate surface area is 166 Å². The zero-order valence-corrected chi connectivity index (χ0v) is 17.8. The Bertz CT molecular complexity index is 572. The third-order valence-electron chi connectivity index (χ3n) is 4.63. The van der Waals surface area contributed by atoms with Crippen molar-refractivity contribution in [1.82, 2.24) is 10.2 Å². The second kappa shape index (κ2) is 11.6. The Morgan fingerprint density at radius 3 is 2.73 bits per heavy atom. The summed E-state index contributed by atoms with van der Waals surface area (Å²) in [6.45, 7) is 9.36. The highest BCUT2D eigenvalue weighted by molar-refractivity contribution is 9.10. The summed E-state index contributed by atoms with van der Waals surface area (Å²) in [5.41, 5.74) is 2.53. The number of methoxy groups -OCH3 is 1. The molecule has 1 aromatic rings. The first-order valence-corrected chi connectivity index (χ1v) is 10.3. The lowest BCUT2D eigenvalue weighted by molar-refractivity contribution is 0.00990. The van der Waals surface area contributed by atoms with E-state index in [0.29, 0.717) is 12.6 Å². The quantitative estimate of drug-likeness (QED) is 0.391. The molecule has 1 heterocycles. The third kappa shape index (κ3) is 6.89. The Hall–Kier alpha value is -1.11. The Morgan fingerprint density at radius 1 is 1.31 bits per heavy atom. The second-order valence-corrected chi connectivity index (χ2v) is 7.56. The lowest BCUT2D eigenvalue weighted by atomic mass is 10.1. The van der Waals surface area contributed by atoms with Gasteiger partial charge in [0.05, 0.1) is 12.6 Å². The molecule has 1 fully saturated rings. The van der Waals surface area contributed by atoms with E-state index in [1.807, 2.05) is 0 Å². The van der Waals surface area contributed by atoms with Crippen LogP contribution in [0.2, 0.25) is 0 Å². The largest absolute Gasteiger partial charge is 0.385 e. The van der Waals surface area contributed by atoms with Crippen molar-refractivity contribution in [2.24, 2.45) is 4.99 Å². The highest BCUT2D eigenvalue weighted by Gasteiger charge is 2.21. The van der Waals surface area contributed by atoms with Gasteiger partial charge in [0.25, 0.3) is 0 Å². The van der Waals surface area contributed by atoms with Crippen LogP contribution in [0, 0.1) is 6.92 Å². The van der Waals surface area contributed by atoms with Crippen molar-refractivity contribution < 1.29 is 9.47 Å². The molecule has 1 N–H and O–H groups in total. The molecule has 0 unspecified atom stereocenters. The van der Waals surface area contributed by atoms with Crippen molar-refractivity contribution in [3.05, 3.63) is 33.8 Å². The van der Waals surface area contributed by atoms with E-state index in [4.69, 9.17) is 14.5 Å². The summed E-state index contributed by atoms with van der Waals surface area (Å²) in [7, 11) is 1.73. The van der Waals surface area contributed by atoms with Gasteiger partial charge in [-0.15, -0.1) is 0 Å². The summed E-state index contributed by atoms with van der Waals surface area (Å²) in [4.78, 5) is 7.22. The molecule has 0 bridgehead atoms. The predicted molar refractivity (Wildman–Crippen MR) is 111 cm³/mol. The smallest absolute Gasteiger partial charge is 0.194 e. The average molecular weight is 426 g/mol. The molecule has 0 radical (unpaired) electrons. The number of aliphatic imine (C=N–C) groups is 1. The van der Waals surface area contributed by atoms with E-state index < -0.39 is 0 Å². The molecule has 1 aromatic carbocycles. The molecular weight excluding hydrogens is 394 g/mol. The van der Waals surface area contributed by atoms with Gasteiger partial charge in [-0.25, -0.2) is 4.99 Å². The van der Waals surface area contributed by atoms with E-state index in [9.17, 15) is 0 Å². The number of nitrogens with one attached hydrogen (secondary N) is 1. The monoisotopic (exact) mass is 425 g/mol. The highest BCUT2D eigenvalue weighted by atomic mass is 79.9. The van der Waals surface area contributed by atoms with E-state index in [1.54, 1.807) is 7.11 Å². The molecule has 0 aromatic heterocycles. The Balaban J connectivity index is 1.87. The van der Waals surface area contributed by atoms with Gasteiger partial charge < -0.3 is 19.7 Å². The molecule has 26 heavy (non-hydrogen) atoms. The molecule has 5 nitrogen and oxygen atoms in total. The van der Waals surface area contributed by atoms with E-state index in [-0.39, 0.29) is 0 Å². The number of hydrogen-bond donors (Lipinski definition) is 1. The standard InChI is InChI=1S/C20H32BrN3O2/c1-4-22-20(23-15-17-6-7-18(21)14-16(17)2)24-10-8-19(9-11-24)26-13-5-12-25-3/h6-7,14,19H,4-5,8-13,15H2,1-3H3,(H,22,23). The minimum atomic E-state index is 0.361. The summed E-state index contributed by atoms with van der Waals surface area (Å²) in [5, 5.41) is 3.44. The van der Waals surface area contributed by atoms with Gasteiger partial charge in [-0.3, -0.25) is 0 Å². The van der Waals surface area contributed by atoms with Gasteiger partial charge in [0.2, 0.25) is 0 Å². The van der Waals surface area contributed by atoms with Crippen LogP contribution in [0.3, 0.4) is 0 Å². The zero-order valence-electron chi connectivity index (χ0n) is 16.3. The number of likely N-dealkylation sites (tertiary alicyclic amines) is 1. The molecule has 0 amide bonds. The van der Waals surface area contributed by atoms with Gasteiger partial charge in [0.15, 0.2) is 5.96 Å². The third-order valence-corrected chi connectivity index (χ3v) is 5.12. The van der Waals surface area contributed by atoms with Crippen LogP contribution in [0.15, 0.2) is 27.7 Å². The highest BCUT2D eigenvalue weighted by Crippen LogP contribution is 2.18. The van der Waals surface area contributed by atoms with E-state index >= 15 is 0 Å². The molecular formula is C20H32BrN3O2. The summed E-state index contributed by atoms with van der Waals surface area (Å²) in [6.07, 6.45) is 3.43. The number of hydrogen-bond acceptors (Lipinski definition) is 3. The fourth-order valence-electron chi connectivity index (χ4n) is 3.11. The number of rotatable bonds is 8. The van der Waals surface area contributed by atoms with Crippen LogP contribution in [-0.2, 0) is 16.0 Å². The number of halogens is 1. The van der Waals surface area contributed by atoms with Gasteiger partial charge in [-0.1, -0.05) is 22.0 Å². The topological polar surface area (TPSA) is 46.1 Å². The van der Waals surface area contributed by atoms with Crippen LogP contribution >= 0.6 is 15.9 Å². The molecule has 0 atom stereocenters. The van der Waals surface area contributed by atoms with Crippen LogP contribution in [0.25, 0.3) is 0 Å². The van der Waals surface area contributed by atoms with Crippen LogP contribution in [-0.4, -0.2) is 56.9 Å². The summed E-state index contributed by atoms with van der Waals surface area (Å²) in [5.74, 6) is 1.01. The Kier molecular flexibility index (Phi) is 9.43. The normalized spacial score (nSPS) is 16.2. The number of ether oxygens (including phenoxy) is 2. The van der Waals surface area contributed by atoms with Gasteiger partial charge in [0.1, 0.15) is 0 Å². The molecule has 1 saturated heterocycles. The molecule has 0 aliphatic carbocycles. The first-order chi connectivity index (χ1) is 12.6. The Morgan fingerprint density at radius 2 is 2.08 bits per heavy atom. The van der Waals surface area contributed by atoms with Crippen LogP contribution in [0.1, 0.15) is 37.3 Å². The number of guanidine groups is 1. The van der Waals surface area contributed by atoms with Gasteiger partial charge in [-0.05, 0) is 56.4 Å². The van der Waals surface area contributed by atoms with Crippen molar-refractivity contribution in [3.63, 3.8) is 0 Å². The molecule has 1 aliphatic rings. The fraction of sp³-hybridized carbons (Fsp3) is 0.650. The van der Waals surface area contributed by atoms with Crippen molar-refractivity contribution in [3.8, 4) is 0 Å². The molecule has 0 saturated carbocycles. The summed E-state index contributed by atoms with van der Waals surface area (Å²) in [6, 6.07) is 6.37. The van der Waals surface area contributed by atoms with E-state index in [1.165, 1.54) is 11.1 Å². The van der Waals surface area contributed by atoms with Crippen molar-refractivity contribution >= 4 is 21.9 Å². The lowest BCUT2D eigenvalue weighted by Crippen LogP contribution is -2.47. The minimum absolute atomic E-state index is 0.361. The van der Waals surface area contributed by atoms with Crippen LogP contribution in [0.4, 0.5) is 0 Å². The van der Waals surface area contributed by atoms with Crippen LogP contribution in [0.5, 0.6) is 0 Å². The minimum Gasteiger partial charge on any atom is -0.385 e. The number of nitrogens with zero attached hydrogens (tertiary/aromatic N) is 2. The second-order valence-electron chi connectivity index (χ2n) is 6.64. The summed E-state index contributed by atoms with van der Waals surface area (Å²) < 4.78 is 12.1. The lowest BCUT2D eigenvalue weighted by Gasteiger charge is -2.34.